The zero-order valence-electron chi connectivity index (χ0n) is 16.7. The summed E-state index contributed by atoms with van der Waals surface area (Å²) < 4.78 is 0. The first-order valence-corrected chi connectivity index (χ1v) is 9.53. The molecule has 0 atom stereocenters. The molecule has 0 bridgehead atoms. The van der Waals surface area contributed by atoms with E-state index in [1.165, 1.54) is 18.7 Å². The van der Waals surface area contributed by atoms with Gasteiger partial charge in [0.2, 0.25) is 17.7 Å². The Morgan fingerprint density at radius 2 is 1.69 bits per heavy atom. The fourth-order valence-electron chi connectivity index (χ4n) is 3.27. The number of hydrogen-bond donors (Lipinski definition) is 1. The lowest BCUT2D eigenvalue weighted by molar-refractivity contribution is -0.131. The van der Waals surface area contributed by atoms with Gasteiger partial charge in [-0.05, 0) is 36.4 Å². The number of nitrogens with zero attached hydrogens (tertiary/aromatic N) is 4. The predicted molar refractivity (Wildman–Crippen MR) is 112 cm³/mol. The van der Waals surface area contributed by atoms with Gasteiger partial charge < -0.3 is 20.0 Å². The molecular weight excluding hydrogens is 370 g/mol. The summed E-state index contributed by atoms with van der Waals surface area (Å²) in [7, 11) is 0. The monoisotopic (exact) mass is 395 g/mol. The highest BCUT2D eigenvalue weighted by molar-refractivity contribution is 5.98. The summed E-state index contributed by atoms with van der Waals surface area (Å²) in [6.45, 7) is 5.43. The number of aromatic nitrogens is 1. The molecule has 1 aliphatic rings. The Morgan fingerprint density at radius 1 is 1.00 bits per heavy atom. The standard InChI is InChI=1S/C21H25N5O3/c1-16(27)23-18-6-8-19(9-7-18)26(17(2)28)15-21(29)25-13-11-24(12-14-25)20-5-3-4-10-22-20/h3-10H,11-15H2,1-2H3,(H,23,27). The van der Waals surface area contributed by atoms with Crippen molar-refractivity contribution in [3.05, 3.63) is 48.7 Å². The molecular formula is C21H25N5O3. The fourth-order valence-corrected chi connectivity index (χ4v) is 3.27. The summed E-state index contributed by atoms with van der Waals surface area (Å²) in [6, 6.07) is 12.6. The van der Waals surface area contributed by atoms with Crippen LogP contribution in [-0.4, -0.2) is 60.3 Å². The van der Waals surface area contributed by atoms with Gasteiger partial charge in [-0.25, -0.2) is 4.98 Å². The molecule has 0 unspecified atom stereocenters. The highest BCUT2D eigenvalue weighted by Gasteiger charge is 2.24. The summed E-state index contributed by atoms with van der Waals surface area (Å²) in [5.41, 5.74) is 1.26. The van der Waals surface area contributed by atoms with E-state index in [9.17, 15) is 14.4 Å². The third-order valence-corrected chi connectivity index (χ3v) is 4.78. The molecule has 3 rings (SSSR count). The van der Waals surface area contributed by atoms with Crippen LogP contribution in [-0.2, 0) is 14.4 Å². The normalized spacial score (nSPS) is 13.7. The van der Waals surface area contributed by atoms with Crippen LogP contribution in [0.3, 0.4) is 0 Å². The Morgan fingerprint density at radius 3 is 2.24 bits per heavy atom. The summed E-state index contributed by atoms with van der Waals surface area (Å²) >= 11 is 0. The molecule has 0 saturated carbocycles. The second-order valence-electron chi connectivity index (χ2n) is 6.89. The van der Waals surface area contributed by atoms with Crippen LogP contribution in [0.5, 0.6) is 0 Å². The molecule has 8 nitrogen and oxygen atoms in total. The third kappa shape index (κ3) is 5.31. The van der Waals surface area contributed by atoms with E-state index in [0.717, 1.165) is 5.82 Å². The van der Waals surface area contributed by atoms with Crippen molar-refractivity contribution in [2.24, 2.45) is 0 Å². The molecule has 152 valence electrons. The number of benzene rings is 1. The molecule has 2 heterocycles. The highest BCUT2D eigenvalue weighted by Crippen LogP contribution is 2.19. The smallest absolute Gasteiger partial charge is 0.242 e. The number of hydrogen-bond acceptors (Lipinski definition) is 5. The van der Waals surface area contributed by atoms with Gasteiger partial charge in [-0.1, -0.05) is 6.07 Å². The van der Waals surface area contributed by atoms with E-state index in [4.69, 9.17) is 0 Å². The number of pyridine rings is 1. The first-order valence-electron chi connectivity index (χ1n) is 9.53. The summed E-state index contributed by atoms with van der Waals surface area (Å²) in [5, 5.41) is 2.68. The SMILES string of the molecule is CC(=O)Nc1ccc(N(CC(=O)N2CCN(c3ccccn3)CC2)C(C)=O)cc1. The lowest BCUT2D eigenvalue weighted by Gasteiger charge is -2.36. The number of carbonyl (C=O) groups excluding carboxylic acids is 3. The van der Waals surface area contributed by atoms with Crippen molar-refractivity contribution >= 4 is 34.9 Å². The number of anilines is 3. The lowest BCUT2D eigenvalue weighted by atomic mass is 10.2. The van der Waals surface area contributed by atoms with E-state index < -0.39 is 0 Å². The molecule has 8 heteroatoms. The molecule has 1 aromatic carbocycles. The molecule has 1 fully saturated rings. The quantitative estimate of drug-likeness (QED) is 0.834. The minimum absolute atomic E-state index is 0.0155. The minimum Gasteiger partial charge on any atom is -0.353 e. The van der Waals surface area contributed by atoms with Crippen LogP contribution in [0.1, 0.15) is 13.8 Å². The summed E-state index contributed by atoms with van der Waals surface area (Å²) in [6.07, 6.45) is 1.76. The molecule has 0 spiro atoms. The average molecular weight is 395 g/mol. The van der Waals surface area contributed by atoms with E-state index in [2.05, 4.69) is 15.2 Å². The Kier molecular flexibility index (Phi) is 6.43. The van der Waals surface area contributed by atoms with Crippen LogP contribution in [0.15, 0.2) is 48.7 Å². The van der Waals surface area contributed by atoms with Gasteiger partial charge in [0.1, 0.15) is 12.4 Å². The molecule has 2 aromatic rings. The zero-order chi connectivity index (χ0) is 20.8. The maximum atomic E-state index is 12.8. The van der Waals surface area contributed by atoms with Crippen molar-refractivity contribution in [2.45, 2.75) is 13.8 Å². The van der Waals surface area contributed by atoms with E-state index in [0.29, 0.717) is 37.6 Å². The predicted octanol–water partition coefficient (Wildman–Crippen LogP) is 1.74. The Bertz CT molecular complexity index is 862. The van der Waals surface area contributed by atoms with Gasteiger partial charge in [0.05, 0.1) is 0 Å². The Labute approximate surface area is 170 Å². The van der Waals surface area contributed by atoms with Gasteiger partial charge in [-0.2, -0.15) is 0 Å². The van der Waals surface area contributed by atoms with Crippen molar-refractivity contribution in [2.75, 3.05) is 47.8 Å². The van der Waals surface area contributed by atoms with Crippen molar-refractivity contribution in [3.8, 4) is 0 Å². The van der Waals surface area contributed by atoms with E-state index in [1.807, 2.05) is 18.2 Å². The van der Waals surface area contributed by atoms with Gasteiger partial charge in [0.25, 0.3) is 0 Å². The Balaban J connectivity index is 1.60. The van der Waals surface area contributed by atoms with Crippen LogP contribution in [0.2, 0.25) is 0 Å². The summed E-state index contributed by atoms with van der Waals surface area (Å²) in [5.74, 6) is 0.440. The molecule has 1 aliphatic heterocycles. The maximum absolute atomic E-state index is 12.8. The number of rotatable bonds is 5. The molecule has 1 aromatic heterocycles. The summed E-state index contributed by atoms with van der Waals surface area (Å²) in [4.78, 5) is 45.8. The molecule has 0 radical (unpaired) electrons. The van der Waals surface area contributed by atoms with Gasteiger partial charge in [0.15, 0.2) is 0 Å². The van der Waals surface area contributed by atoms with E-state index in [1.54, 1.807) is 35.4 Å². The second-order valence-corrected chi connectivity index (χ2v) is 6.89. The number of piperazine rings is 1. The molecule has 1 saturated heterocycles. The molecule has 29 heavy (non-hydrogen) atoms. The van der Waals surface area contributed by atoms with E-state index >= 15 is 0 Å². The first kappa shape index (κ1) is 20.3. The van der Waals surface area contributed by atoms with Gasteiger partial charge >= 0.3 is 0 Å². The average Bonchev–Trinajstić information content (AvgIpc) is 2.73. The fraction of sp³-hybridized carbons (Fsp3) is 0.333. The Hall–Kier alpha value is -3.42. The van der Waals surface area contributed by atoms with Gasteiger partial charge in [0, 0.05) is 57.6 Å². The minimum atomic E-state index is -0.210. The lowest BCUT2D eigenvalue weighted by Crippen LogP contribution is -2.52. The largest absolute Gasteiger partial charge is 0.353 e. The molecule has 1 N–H and O–H groups in total. The highest BCUT2D eigenvalue weighted by atomic mass is 16.2. The van der Waals surface area contributed by atoms with Crippen LogP contribution in [0.4, 0.5) is 17.2 Å². The van der Waals surface area contributed by atoms with Gasteiger partial charge in [-0.15, -0.1) is 0 Å². The van der Waals surface area contributed by atoms with Crippen molar-refractivity contribution in [1.29, 1.82) is 0 Å². The topological polar surface area (TPSA) is 85.8 Å². The number of amides is 3. The van der Waals surface area contributed by atoms with Crippen LogP contribution < -0.4 is 15.1 Å². The maximum Gasteiger partial charge on any atom is 0.242 e. The number of nitrogens with one attached hydrogen (secondary N) is 1. The molecule has 0 aliphatic carbocycles. The van der Waals surface area contributed by atoms with Crippen molar-refractivity contribution in [1.82, 2.24) is 9.88 Å². The first-order chi connectivity index (χ1) is 13.9. The zero-order valence-corrected chi connectivity index (χ0v) is 16.7. The van der Waals surface area contributed by atoms with Crippen molar-refractivity contribution in [3.63, 3.8) is 0 Å². The van der Waals surface area contributed by atoms with Crippen LogP contribution in [0, 0.1) is 0 Å². The van der Waals surface area contributed by atoms with Gasteiger partial charge in [-0.3, -0.25) is 14.4 Å². The second kappa shape index (κ2) is 9.18. The molecule has 3 amide bonds. The van der Waals surface area contributed by atoms with Crippen LogP contribution in [0.25, 0.3) is 0 Å². The third-order valence-electron chi connectivity index (χ3n) is 4.78. The van der Waals surface area contributed by atoms with E-state index in [-0.39, 0.29) is 24.3 Å². The number of carbonyl (C=O) groups is 3. The van der Waals surface area contributed by atoms with Crippen molar-refractivity contribution < 1.29 is 14.4 Å². The van der Waals surface area contributed by atoms with Crippen LogP contribution >= 0.6 is 0 Å².